The van der Waals surface area contributed by atoms with Crippen LogP contribution in [0.5, 0.6) is 0 Å². The Morgan fingerprint density at radius 2 is 1.20 bits per heavy atom. The smallest absolute Gasteiger partial charge is 0.101 e. The predicted octanol–water partition coefficient (Wildman–Crippen LogP) is 5.95. The van der Waals surface area contributed by atoms with Crippen LogP contribution < -0.4 is 0 Å². The highest BCUT2D eigenvalue weighted by Crippen LogP contribution is 2.36. The molecule has 122 valence electrons. The molecule has 0 aliphatic carbocycles. The molecule has 3 heteroatoms. The van der Waals surface area contributed by atoms with Crippen LogP contribution in [0.3, 0.4) is 0 Å². The lowest BCUT2D eigenvalue weighted by molar-refractivity contribution is 0.844. The van der Waals surface area contributed by atoms with Crippen molar-refractivity contribution in [3.05, 3.63) is 96.7 Å². The van der Waals surface area contributed by atoms with Gasteiger partial charge in [-0.05, 0) is 17.7 Å². The molecular formula is C22H17ClN2. The van der Waals surface area contributed by atoms with Gasteiger partial charge in [0.25, 0.3) is 0 Å². The van der Waals surface area contributed by atoms with Crippen molar-refractivity contribution in [2.75, 3.05) is 0 Å². The van der Waals surface area contributed by atoms with E-state index in [-0.39, 0.29) is 0 Å². The van der Waals surface area contributed by atoms with Gasteiger partial charge in [-0.3, -0.25) is 0 Å². The van der Waals surface area contributed by atoms with Crippen molar-refractivity contribution in [2.24, 2.45) is 0 Å². The van der Waals surface area contributed by atoms with Crippen molar-refractivity contribution in [3.63, 3.8) is 0 Å². The molecule has 0 spiro atoms. The van der Waals surface area contributed by atoms with E-state index in [1.165, 1.54) is 0 Å². The summed E-state index contributed by atoms with van der Waals surface area (Å²) in [6.07, 6.45) is 0. The zero-order chi connectivity index (χ0) is 17.1. The minimum Gasteiger partial charge on any atom is -0.235 e. The number of hydrogen-bond acceptors (Lipinski definition) is 1. The molecule has 0 saturated carbocycles. The summed E-state index contributed by atoms with van der Waals surface area (Å²) in [7, 11) is 0. The molecule has 0 aliphatic rings. The largest absolute Gasteiger partial charge is 0.235 e. The first kappa shape index (κ1) is 15.7. The predicted molar refractivity (Wildman–Crippen MR) is 104 cm³/mol. The van der Waals surface area contributed by atoms with E-state index < -0.39 is 0 Å². The van der Waals surface area contributed by atoms with Gasteiger partial charge >= 0.3 is 0 Å². The minimum absolute atomic E-state index is 0.388. The van der Waals surface area contributed by atoms with E-state index in [1.54, 1.807) is 0 Å². The molecule has 0 unspecified atom stereocenters. The average molecular weight is 345 g/mol. The average Bonchev–Trinajstić information content (AvgIpc) is 3.09. The summed E-state index contributed by atoms with van der Waals surface area (Å²) in [5.41, 5.74) is 6.26. The Kier molecular flexibility index (Phi) is 4.36. The Bertz CT molecular complexity index is 961. The molecule has 3 aromatic carbocycles. The normalized spacial score (nSPS) is 10.8. The Morgan fingerprint density at radius 3 is 1.76 bits per heavy atom. The van der Waals surface area contributed by atoms with Crippen molar-refractivity contribution >= 4 is 11.6 Å². The second-order valence-corrected chi connectivity index (χ2v) is 6.05. The lowest BCUT2D eigenvalue weighted by atomic mass is 9.99. The number of benzene rings is 3. The Labute approximate surface area is 152 Å². The first-order chi connectivity index (χ1) is 12.4. The first-order valence-electron chi connectivity index (χ1n) is 8.22. The van der Waals surface area contributed by atoms with E-state index >= 15 is 0 Å². The van der Waals surface area contributed by atoms with Crippen LogP contribution in [0.15, 0.2) is 91.0 Å². The molecule has 1 heterocycles. The number of nitrogens with zero attached hydrogens (tertiary/aromatic N) is 2. The molecule has 0 fully saturated rings. The summed E-state index contributed by atoms with van der Waals surface area (Å²) in [4.78, 5) is 0. The zero-order valence-electron chi connectivity index (χ0n) is 13.6. The molecule has 1 aromatic heterocycles. The number of alkyl halides is 1. The van der Waals surface area contributed by atoms with Gasteiger partial charge in [0.2, 0.25) is 0 Å². The van der Waals surface area contributed by atoms with Crippen LogP contribution >= 0.6 is 11.6 Å². The van der Waals surface area contributed by atoms with Crippen molar-refractivity contribution in [2.45, 2.75) is 5.88 Å². The Balaban J connectivity index is 2.02. The number of hydrogen-bond donors (Lipinski definition) is 0. The van der Waals surface area contributed by atoms with Gasteiger partial charge in [-0.1, -0.05) is 78.9 Å². The second kappa shape index (κ2) is 6.96. The van der Waals surface area contributed by atoms with Crippen LogP contribution in [0.25, 0.3) is 28.1 Å². The summed E-state index contributed by atoms with van der Waals surface area (Å²) in [6, 6.07) is 30.7. The highest BCUT2D eigenvalue weighted by Gasteiger charge is 2.20. The van der Waals surface area contributed by atoms with Gasteiger partial charge in [-0.15, -0.1) is 11.6 Å². The maximum Gasteiger partial charge on any atom is 0.101 e. The molecule has 4 aromatic rings. The van der Waals surface area contributed by atoms with Crippen LogP contribution in [-0.4, -0.2) is 9.78 Å². The van der Waals surface area contributed by atoms with Gasteiger partial charge in [0.15, 0.2) is 0 Å². The third-order valence-corrected chi connectivity index (χ3v) is 4.47. The van der Waals surface area contributed by atoms with E-state index in [1.807, 2.05) is 71.4 Å². The first-order valence-corrected chi connectivity index (χ1v) is 8.76. The van der Waals surface area contributed by atoms with E-state index in [0.717, 1.165) is 33.8 Å². The van der Waals surface area contributed by atoms with E-state index in [4.69, 9.17) is 16.7 Å². The van der Waals surface area contributed by atoms with Crippen LogP contribution in [0.1, 0.15) is 5.69 Å². The lowest BCUT2D eigenvalue weighted by Crippen LogP contribution is -2.00. The monoisotopic (exact) mass is 344 g/mol. The molecule has 0 atom stereocenters. The molecule has 2 nitrogen and oxygen atoms in total. The van der Waals surface area contributed by atoms with Crippen LogP contribution in [0.2, 0.25) is 0 Å². The molecule has 0 amide bonds. The molecule has 0 N–H and O–H groups in total. The van der Waals surface area contributed by atoms with E-state index in [0.29, 0.717) is 5.88 Å². The number of rotatable bonds is 4. The van der Waals surface area contributed by atoms with Crippen LogP contribution in [0.4, 0.5) is 0 Å². The minimum atomic E-state index is 0.388. The number of halogens is 1. The molecular weight excluding hydrogens is 328 g/mol. The third-order valence-electron chi connectivity index (χ3n) is 4.22. The lowest BCUT2D eigenvalue weighted by Gasteiger charge is -2.07. The molecule has 25 heavy (non-hydrogen) atoms. The van der Waals surface area contributed by atoms with Crippen molar-refractivity contribution in [3.8, 4) is 28.1 Å². The van der Waals surface area contributed by atoms with Gasteiger partial charge in [0.1, 0.15) is 5.69 Å². The van der Waals surface area contributed by atoms with E-state index in [9.17, 15) is 0 Å². The highest BCUT2D eigenvalue weighted by atomic mass is 35.5. The summed E-state index contributed by atoms with van der Waals surface area (Å²) in [6.45, 7) is 0. The summed E-state index contributed by atoms with van der Waals surface area (Å²) < 4.78 is 1.96. The molecule has 0 aliphatic heterocycles. The van der Waals surface area contributed by atoms with Gasteiger partial charge < -0.3 is 0 Å². The maximum absolute atomic E-state index is 6.38. The standard InChI is InChI=1S/C22H17ClN2/c23-16-20-21(17-10-4-1-5-11-17)22(18-12-6-2-7-13-18)24-25(20)19-14-8-3-9-15-19/h1-15H,16H2. The number of para-hydroxylation sites is 1. The van der Waals surface area contributed by atoms with Crippen LogP contribution in [-0.2, 0) is 5.88 Å². The zero-order valence-corrected chi connectivity index (χ0v) is 14.4. The van der Waals surface area contributed by atoms with Gasteiger partial charge in [0, 0.05) is 11.1 Å². The Hall–Kier alpha value is -2.84. The quantitative estimate of drug-likeness (QED) is 0.418. The maximum atomic E-state index is 6.38. The topological polar surface area (TPSA) is 17.8 Å². The van der Waals surface area contributed by atoms with Gasteiger partial charge in [-0.2, -0.15) is 5.10 Å². The molecule has 0 radical (unpaired) electrons. The molecule has 0 bridgehead atoms. The molecule has 4 rings (SSSR count). The van der Waals surface area contributed by atoms with Crippen LogP contribution in [0, 0.1) is 0 Å². The third kappa shape index (κ3) is 2.97. The highest BCUT2D eigenvalue weighted by molar-refractivity contribution is 6.17. The fraction of sp³-hybridized carbons (Fsp3) is 0.0455. The van der Waals surface area contributed by atoms with Crippen molar-refractivity contribution < 1.29 is 0 Å². The summed E-state index contributed by atoms with van der Waals surface area (Å²) in [5.74, 6) is 0.388. The van der Waals surface area contributed by atoms with E-state index in [2.05, 4.69) is 24.3 Å². The second-order valence-electron chi connectivity index (χ2n) is 5.78. The van der Waals surface area contributed by atoms with Crippen molar-refractivity contribution in [1.29, 1.82) is 0 Å². The summed E-state index contributed by atoms with van der Waals surface area (Å²) >= 11 is 6.38. The molecule has 0 saturated heterocycles. The fourth-order valence-electron chi connectivity index (χ4n) is 3.07. The fourth-order valence-corrected chi connectivity index (χ4v) is 3.31. The SMILES string of the molecule is ClCc1c(-c2ccccc2)c(-c2ccccc2)nn1-c1ccccc1. The number of aromatic nitrogens is 2. The van der Waals surface area contributed by atoms with Gasteiger partial charge in [-0.25, -0.2) is 4.68 Å². The van der Waals surface area contributed by atoms with Gasteiger partial charge in [0.05, 0.1) is 17.3 Å². The summed E-state index contributed by atoms with van der Waals surface area (Å²) in [5, 5.41) is 4.93. The Morgan fingerprint density at radius 1 is 0.680 bits per heavy atom. The van der Waals surface area contributed by atoms with Crippen molar-refractivity contribution in [1.82, 2.24) is 9.78 Å².